The third-order valence-electron chi connectivity index (χ3n) is 7.30. The molecule has 34 heavy (non-hydrogen) atoms. The molecule has 1 saturated heterocycles. The van der Waals surface area contributed by atoms with Crippen LogP contribution in [-0.2, 0) is 15.7 Å². The van der Waals surface area contributed by atoms with E-state index < -0.39 is 17.6 Å². The van der Waals surface area contributed by atoms with Crippen LogP contribution in [-0.4, -0.2) is 65.2 Å². The summed E-state index contributed by atoms with van der Waals surface area (Å²) in [6.45, 7) is 2.02. The second-order valence-electron chi connectivity index (χ2n) is 9.42. The molecule has 5 rings (SSSR count). The molecule has 2 aliphatic heterocycles. The van der Waals surface area contributed by atoms with Gasteiger partial charge >= 0.3 is 6.18 Å². The maximum atomic E-state index is 13.3. The first-order valence-electron chi connectivity index (χ1n) is 11.7. The van der Waals surface area contributed by atoms with Crippen LogP contribution < -0.4 is 10.6 Å². The lowest BCUT2D eigenvalue weighted by Gasteiger charge is -2.50. The number of carbonyl (C=O) groups excluding carboxylic acids is 1. The number of anilines is 1. The second-order valence-corrected chi connectivity index (χ2v) is 9.42. The van der Waals surface area contributed by atoms with Gasteiger partial charge in [0.25, 0.3) is 0 Å². The summed E-state index contributed by atoms with van der Waals surface area (Å²) in [5.74, 6) is 0.324. The van der Waals surface area contributed by atoms with Crippen molar-refractivity contribution in [2.24, 2.45) is 11.7 Å². The van der Waals surface area contributed by atoms with Crippen LogP contribution in [0.5, 0.6) is 0 Å². The van der Waals surface area contributed by atoms with Gasteiger partial charge in [0.1, 0.15) is 12.1 Å². The van der Waals surface area contributed by atoms with Gasteiger partial charge in [0.2, 0.25) is 5.91 Å². The molecule has 0 bridgehead atoms. The molecule has 10 heteroatoms. The monoisotopic (exact) mass is 475 g/mol. The molecule has 1 aromatic heterocycles. The quantitative estimate of drug-likeness (QED) is 0.647. The summed E-state index contributed by atoms with van der Waals surface area (Å²) in [7, 11) is 0. The fourth-order valence-corrected chi connectivity index (χ4v) is 5.48. The number of halogens is 3. The Hall–Kier alpha value is -2.72. The first-order chi connectivity index (χ1) is 16.3. The van der Waals surface area contributed by atoms with Crippen molar-refractivity contribution in [1.82, 2.24) is 14.9 Å². The predicted octanol–water partition coefficient (Wildman–Crippen LogP) is 3.14. The molecule has 7 nitrogen and oxygen atoms in total. The lowest BCUT2D eigenvalue weighted by molar-refractivity contribution is -0.137. The van der Waals surface area contributed by atoms with E-state index >= 15 is 0 Å². The van der Waals surface area contributed by atoms with Crippen LogP contribution in [0.2, 0.25) is 0 Å². The zero-order valence-corrected chi connectivity index (χ0v) is 18.7. The number of rotatable bonds is 6. The van der Waals surface area contributed by atoms with Gasteiger partial charge < -0.3 is 15.4 Å². The van der Waals surface area contributed by atoms with Crippen LogP contribution in [0.1, 0.15) is 31.2 Å². The average molecular weight is 476 g/mol. The van der Waals surface area contributed by atoms with E-state index in [0.29, 0.717) is 43.0 Å². The van der Waals surface area contributed by atoms with E-state index in [-0.39, 0.29) is 24.1 Å². The molecule has 0 radical (unpaired) electrons. The standard InChI is InChI=1S/C24H28F3N5O2/c25-24(26,27)16-5-8-20-19(10-16)23(30-14-29-20)32(13-22(28)33)18-11-31(12-18)17-6-3-15(4-7-17)21-2-1-9-34-21/h1-2,5,8,10,14-15,17-18,21H,3-4,6-7,9,11-13H2,(H2,28,33)/t15?,17?,21-/m1/s1. The largest absolute Gasteiger partial charge is 0.416 e. The lowest BCUT2D eigenvalue weighted by Crippen LogP contribution is -2.64. The predicted molar refractivity (Wildman–Crippen MR) is 121 cm³/mol. The molecule has 2 N–H and O–H groups in total. The van der Waals surface area contributed by atoms with Gasteiger partial charge in [0.15, 0.2) is 0 Å². The zero-order chi connectivity index (χ0) is 23.9. The smallest absolute Gasteiger partial charge is 0.370 e. The average Bonchev–Trinajstić information content (AvgIpc) is 3.31. The summed E-state index contributed by atoms with van der Waals surface area (Å²) in [5, 5.41) is 0.266. The van der Waals surface area contributed by atoms with Crippen molar-refractivity contribution in [3.05, 3.63) is 42.2 Å². The SMILES string of the molecule is NC(=O)CN(c1ncnc2ccc(C(F)(F)F)cc12)C1CN(C2CCC([C@H]3C=CCO3)CC2)C1. The van der Waals surface area contributed by atoms with Gasteiger partial charge in [-0.05, 0) is 49.8 Å². The van der Waals surface area contributed by atoms with E-state index in [4.69, 9.17) is 10.5 Å². The summed E-state index contributed by atoms with van der Waals surface area (Å²) >= 11 is 0. The van der Waals surface area contributed by atoms with Gasteiger partial charge in [-0.2, -0.15) is 13.2 Å². The number of carbonyl (C=O) groups is 1. The number of nitrogens with two attached hydrogens (primary N) is 1. The highest BCUT2D eigenvalue weighted by atomic mass is 19.4. The second kappa shape index (κ2) is 9.14. The number of primary amides is 1. The Kier molecular flexibility index (Phi) is 6.20. The summed E-state index contributed by atoms with van der Waals surface area (Å²) in [5.41, 5.74) is 5.13. The van der Waals surface area contributed by atoms with Crippen LogP contribution >= 0.6 is 0 Å². The van der Waals surface area contributed by atoms with Crippen molar-refractivity contribution >= 4 is 22.6 Å². The molecule has 2 aromatic rings. The number of amides is 1. The fraction of sp³-hybridized carbons (Fsp3) is 0.542. The van der Waals surface area contributed by atoms with Crippen LogP contribution in [0.3, 0.4) is 0 Å². The van der Waals surface area contributed by atoms with Gasteiger partial charge in [-0.3, -0.25) is 9.69 Å². The summed E-state index contributed by atoms with van der Waals surface area (Å²) in [6, 6.07) is 3.80. The highest BCUT2D eigenvalue weighted by molar-refractivity contribution is 5.92. The number of alkyl halides is 3. The van der Waals surface area contributed by atoms with Gasteiger partial charge in [-0.1, -0.05) is 12.2 Å². The van der Waals surface area contributed by atoms with E-state index in [1.807, 2.05) is 0 Å². The summed E-state index contributed by atoms with van der Waals surface area (Å²) in [4.78, 5) is 24.4. The molecule has 1 amide bonds. The van der Waals surface area contributed by atoms with E-state index in [1.54, 1.807) is 4.90 Å². The number of aromatic nitrogens is 2. The molecule has 1 atom stereocenters. The maximum Gasteiger partial charge on any atom is 0.416 e. The minimum Gasteiger partial charge on any atom is -0.370 e. The van der Waals surface area contributed by atoms with E-state index in [1.165, 1.54) is 12.4 Å². The maximum absolute atomic E-state index is 13.3. The van der Waals surface area contributed by atoms with Crippen molar-refractivity contribution in [2.45, 2.75) is 50.0 Å². The topological polar surface area (TPSA) is 84.6 Å². The van der Waals surface area contributed by atoms with E-state index in [0.717, 1.165) is 37.8 Å². The molecule has 2 fully saturated rings. The third kappa shape index (κ3) is 4.61. The Bertz CT molecular complexity index is 1080. The Morgan fingerprint density at radius 3 is 2.59 bits per heavy atom. The molecular weight excluding hydrogens is 447 g/mol. The van der Waals surface area contributed by atoms with Crippen molar-refractivity contribution in [2.75, 3.05) is 31.1 Å². The molecule has 1 saturated carbocycles. The molecule has 3 heterocycles. The highest BCUT2D eigenvalue weighted by Crippen LogP contribution is 2.37. The van der Waals surface area contributed by atoms with Crippen molar-refractivity contribution < 1.29 is 22.7 Å². The first-order valence-corrected chi connectivity index (χ1v) is 11.7. The van der Waals surface area contributed by atoms with Gasteiger partial charge in [-0.25, -0.2) is 9.97 Å². The number of hydrogen-bond acceptors (Lipinski definition) is 6. The Morgan fingerprint density at radius 2 is 1.94 bits per heavy atom. The lowest BCUT2D eigenvalue weighted by atomic mass is 9.81. The summed E-state index contributed by atoms with van der Waals surface area (Å²) < 4.78 is 45.8. The number of ether oxygens (including phenoxy) is 1. The van der Waals surface area contributed by atoms with E-state index in [9.17, 15) is 18.0 Å². The third-order valence-corrected chi connectivity index (χ3v) is 7.30. The number of nitrogens with zero attached hydrogens (tertiary/aromatic N) is 4. The number of fused-ring (bicyclic) bond motifs is 1. The molecule has 0 unspecified atom stereocenters. The van der Waals surface area contributed by atoms with Crippen molar-refractivity contribution in [1.29, 1.82) is 0 Å². The number of likely N-dealkylation sites (tertiary alicyclic amines) is 1. The normalized spacial score (nSPS) is 26.0. The number of hydrogen-bond donors (Lipinski definition) is 1. The van der Waals surface area contributed by atoms with Crippen LogP contribution in [0, 0.1) is 5.92 Å². The first kappa shape index (κ1) is 23.0. The fourth-order valence-electron chi connectivity index (χ4n) is 5.48. The van der Waals surface area contributed by atoms with Gasteiger partial charge in [-0.15, -0.1) is 0 Å². The summed E-state index contributed by atoms with van der Waals surface area (Å²) in [6.07, 6.45) is 5.73. The molecule has 182 valence electrons. The van der Waals surface area contributed by atoms with Crippen molar-refractivity contribution in [3.63, 3.8) is 0 Å². The van der Waals surface area contributed by atoms with E-state index in [2.05, 4.69) is 27.0 Å². The molecular formula is C24H28F3N5O2. The van der Waals surface area contributed by atoms with Crippen molar-refractivity contribution in [3.8, 4) is 0 Å². The molecule has 0 spiro atoms. The van der Waals surface area contributed by atoms with Crippen LogP contribution in [0.15, 0.2) is 36.7 Å². The minimum atomic E-state index is -4.48. The van der Waals surface area contributed by atoms with Gasteiger partial charge in [0.05, 0.1) is 36.4 Å². The molecule has 1 aliphatic carbocycles. The van der Waals surface area contributed by atoms with Gasteiger partial charge in [0, 0.05) is 24.5 Å². The zero-order valence-electron chi connectivity index (χ0n) is 18.7. The Morgan fingerprint density at radius 1 is 1.18 bits per heavy atom. The Balaban J connectivity index is 1.30. The molecule has 1 aromatic carbocycles. The van der Waals surface area contributed by atoms with Crippen LogP contribution in [0.25, 0.3) is 10.9 Å². The Labute approximate surface area is 195 Å². The minimum absolute atomic E-state index is 0.0565. The number of benzene rings is 1. The highest BCUT2D eigenvalue weighted by Gasteiger charge is 2.40. The molecule has 3 aliphatic rings. The van der Waals surface area contributed by atoms with Crippen LogP contribution in [0.4, 0.5) is 19.0 Å².